The van der Waals surface area contributed by atoms with Gasteiger partial charge >= 0.3 is 5.97 Å². The van der Waals surface area contributed by atoms with Crippen LogP contribution in [0.15, 0.2) is 0 Å². The smallest absolute Gasteiger partial charge is 0.320 e. The average molecular weight is 282 g/mol. The van der Waals surface area contributed by atoms with Crippen molar-refractivity contribution >= 4 is 11.9 Å². The Balaban J connectivity index is 1.94. The van der Waals surface area contributed by atoms with Crippen molar-refractivity contribution < 1.29 is 14.7 Å². The summed E-state index contributed by atoms with van der Waals surface area (Å²) < 4.78 is 0. The van der Waals surface area contributed by atoms with Gasteiger partial charge in [-0.15, -0.1) is 0 Å². The van der Waals surface area contributed by atoms with Crippen LogP contribution in [0.1, 0.15) is 45.4 Å². The molecule has 1 N–H and O–H groups in total. The molecule has 0 radical (unpaired) electrons. The molecule has 2 fully saturated rings. The van der Waals surface area contributed by atoms with Crippen LogP contribution in [0.3, 0.4) is 0 Å². The van der Waals surface area contributed by atoms with Crippen molar-refractivity contribution in [3.63, 3.8) is 0 Å². The maximum atomic E-state index is 12.4. The highest BCUT2D eigenvalue weighted by molar-refractivity contribution is 5.80. The number of piperidine rings is 1. The zero-order chi connectivity index (χ0) is 14.5. The lowest BCUT2D eigenvalue weighted by atomic mass is 10.0. The molecule has 0 aliphatic carbocycles. The Bertz CT molecular complexity index is 359. The molecule has 2 heterocycles. The molecule has 0 spiro atoms. The Morgan fingerprint density at radius 1 is 1.10 bits per heavy atom. The summed E-state index contributed by atoms with van der Waals surface area (Å²) in [5.74, 6) is -0.122. The minimum absolute atomic E-state index is 0.102. The molecule has 2 saturated heterocycles. The highest BCUT2D eigenvalue weighted by Crippen LogP contribution is 2.19. The van der Waals surface area contributed by atoms with Crippen LogP contribution in [0.2, 0.25) is 0 Å². The molecule has 0 aromatic heterocycles. The summed E-state index contributed by atoms with van der Waals surface area (Å²) in [5, 5.41) is 9.33. The third kappa shape index (κ3) is 3.95. The van der Waals surface area contributed by atoms with Crippen LogP contribution < -0.4 is 0 Å². The summed E-state index contributed by atoms with van der Waals surface area (Å²) in [4.78, 5) is 27.5. The topological polar surface area (TPSA) is 60.9 Å². The van der Waals surface area contributed by atoms with E-state index in [-0.39, 0.29) is 12.5 Å². The van der Waals surface area contributed by atoms with E-state index in [0.29, 0.717) is 12.3 Å². The van der Waals surface area contributed by atoms with Gasteiger partial charge in [-0.2, -0.15) is 0 Å². The summed E-state index contributed by atoms with van der Waals surface area (Å²) >= 11 is 0. The van der Waals surface area contributed by atoms with Gasteiger partial charge in [-0.1, -0.05) is 19.8 Å². The molecule has 2 aliphatic heterocycles. The van der Waals surface area contributed by atoms with Gasteiger partial charge in [0.05, 0.1) is 6.54 Å². The lowest BCUT2D eigenvalue weighted by Crippen LogP contribution is -2.49. The lowest BCUT2D eigenvalue weighted by Gasteiger charge is -2.34. The maximum Gasteiger partial charge on any atom is 0.320 e. The number of hydrogen-bond donors (Lipinski definition) is 1. The minimum atomic E-state index is -0.785. The van der Waals surface area contributed by atoms with Crippen molar-refractivity contribution in [2.24, 2.45) is 5.92 Å². The lowest BCUT2D eigenvalue weighted by molar-refractivity contribution is -0.145. The predicted octanol–water partition coefficient (Wildman–Crippen LogP) is 1.57. The van der Waals surface area contributed by atoms with Crippen LogP contribution in [0.25, 0.3) is 0 Å². The quantitative estimate of drug-likeness (QED) is 0.853. The van der Waals surface area contributed by atoms with Crippen molar-refractivity contribution in [3.05, 3.63) is 0 Å². The fourth-order valence-electron chi connectivity index (χ4n) is 3.33. The van der Waals surface area contributed by atoms with E-state index in [1.54, 1.807) is 0 Å². The van der Waals surface area contributed by atoms with Crippen molar-refractivity contribution in [1.82, 2.24) is 9.80 Å². The molecule has 0 bridgehead atoms. The molecule has 1 amide bonds. The summed E-state index contributed by atoms with van der Waals surface area (Å²) in [7, 11) is 0. The van der Waals surface area contributed by atoms with Crippen LogP contribution in [0.5, 0.6) is 0 Å². The van der Waals surface area contributed by atoms with Crippen LogP contribution >= 0.6 is 0 Å². The Hall–Kier alpha value is -1.10. The molecule has 2 rings (SSSR count). The number of carboxylic acid groups (broad SMARTS) is 1. The van der Waals surface area contributed by atoms with E-state index < -0.39 is 12.0 Å². The van der Waals surface area contributed by atoms with Gasteiger partial charge in [-0.3, -0.25) is 14.5 Å². The van der Waals surface area contributed by atoms with Crippen LogP contribution in [-0.4, -0.2) is 59.0 Å². The molecule has 0 aromatic rings. The molecule has 2 aliphatic rings. The van der Waals surface area contributed by atoms with E-state index in [1.807, 2.05) is 9.80 Å². The summed E-state index contributed by atoms with van der Waals surface area (Å²) in [6.07, 6.45) is 5.92. The van der Waals surface area contributed by atoms with Gasteiger partial charge in [0.15, 0.2) is 0 Å². The van der Waals surface area contributed by atoms with E-state index in [1.165, 1.54) is 6.42 Å². The second-order valence-corrected chi connectivity index (χ2v) is 6.26. The molecule has 5 heteroatoms. The molecule has 20 heavy (non-hydrogen) atoms. The van der Waals surface area contributed by atoms with E-state index in [0.717, 1.165) is 45.3 Å². The molecule has 2 atom stereocenters. The van der Waals surface area contributed by atoms with Gasteiger partial charge in [0.2, 0.25) is 5.91 Å². The molecular formula is C15H26N2O3. The monoisotopic (exact) mass is 282 g/mol. The van der Waals surface area contributed by atoms with Crippen LogP contribution in [0.4, 0.5) is 0 Å². The first-order valence-corrected chi connectivity index (χ1v) is 7.82. The minimum Gasteiger partial charge on any atom is -0.480 e. The number of rotatable bonds is 3. The summed E-state index contributed by atoms with van der Waals surface area (Å²) in [6, 6.07) is -0.483. The highest BCUT2D eigenvalue weighted by atomic mass is 16.4. The van der Waals surface area contributed by atoms with Crippen molar-refractivity contribution in [3.8, 4) is 0 Å². The number of hydrogen-bond acceptors (Lipinski definition) is 3. The second-order valence-electron chi connectivity index (χ2n) is 6.26. The molecule has 0 aromatic carbocycles. The van der Waals surface area contributed by atoms with E-state index in [9.17, 15) is 14.7 Å². The second kappa shape index (κ2) is 7.07. The third-order valence-corrected chi connectivity index (χ3v) is 4.50. The normalized spacial score (nSPS) is 28.9. The van der Waals surface area contributed by atoms with E-state index in [2.05, 4.69) is 6.92 Å². The number of aliphatic carboxylic acids is 1. The number of amides is 1. The van der Waals surface area contributed by atoms with Gasteiger partial charge < -0.3 is 10.0 Å². The maximum absolute atomic E-state index is 12.4. The van der Waals surface area contributed by atoms with Crippen LogP contribution in [-0.2, 0) is 9.59 Å². The van der Waals surface area contributed by atoms with Gasteiger partial charge in [0.1, 0.15) is 6.04 Å². The Morgan fingerprint density at radius 3 is 2.60 bits per heavy atom. The Labute approximate surface area is 120 Å². The highest BCUT2D eigenvalue weighted by Gasteiger charge is 2.30. The SMILES string of the molecule is CC1CCCN(C(=O)CN2CCCCCC2C(=O)O)C1. The Kier molecular flexibility index (Phi) is 5.40. The largest absolute Gasteiger partial charge is 0.480 e. The molecule has 2 unspecified atom stereocenters. The average Bonchev–Trinajstić information content (AvgIpc) is 2.64. The molecule has 114 valence electrons. The predicted molar refractivity (Wildman–Crippen MR) is 76.4 cm³/mol. The zero-order valence-electron chi connectivity index (χ0n) is 12.4. The molecular weight excluding hydrogens is 256 g/mol. The van der Waals surface area contributed by atoms with Crippen molar-refractivity contribution in [2.75, 3.05) is 26.2 Å². The number of carboxylic acids is 1. The third-order valence-electron chi connectivity index (χ3n) is 4.50. The van der Waals surface area contributed by atoms with Gasteiger partial charge in [0, 0.05) is 13.1 Å². The number of carbonyl (C=O) groups is 2. The first kappa shape index (κ1) is 15.3. The zero-order valence-corrected chi connectivity index (χ0v) is 12.4. The fourth-order valence-corrected chi connectivity index (χ4v) is 3.33. The fraction of sp³-hybridized carbons (Fsp3) is 0.867. The molecule has 0 saturated carbocycles. The standard InChI is InChI=1S/C15H26N2O3/c1-12-6-5-9-17(10-12)14(18)11-16-8-4-2-3-7-13(16)15(19)20/h12-13H,2-11H2,1H3,(H,19,20). The van der Waals surface area contributed by atoms with E-state index >= 15 is 0 Å². The number of nitrogens with zero attached hydrogens (tertiary/aromatic N) is 2. The van der Waals surface area contributed by atoms with Gasteiger partial charge in [0.25, 0.3) is 0 Å². The van der Waals surface area contributed by atoms with Gasteiger partial charge in [-0.25, -0.2) is 0 Å². The van der Waals surface area contributed by atoms with Crippen LogP contribution in [0, 0.1) is 5.92 Å². The number of likely N-dealkylation sites (tertiary alicyclic amines) is 2. The molecule has 5 nitrogen and oxygen atoms in total. The first-order valence-electron chi connectivity index (χ1n) is 7.82. The summed E-state index contributed by atoms with van der Waals surface area (Å²) in [5.41, 5.74) is 0. The van der Waals surface area contributed by atoms with Crippen molar-refractivity contribution in [1.29, 1.82) is 0 Å². The number of carbonyl (C=O) groups excluding carboxylic acids is 1. The van der Waals surface area contributed by atoms with Crippen molar-refractivity contribution in [2.45, 2.75) is 51.5 Å². The Morgan fingerprint density at radius 2 is 1.90 bits per heavy atom. The first-order chi connectivity index (χ1) is 9.58. The van der Waals surface area contributed by atoms with Gasteiger partial charge in [-0.05, 0) is 38.1 Å². The summed E-state index contributed by atoms with van der Waals surface area (Å²) in [6.45, 7) is 4.82. The van der Waals surface area contributed by atoms with E-state index in [4.69, 9.17) is 0 Å².